The van der Waals surface area contributed by atoms with E-state index in [1.807, 2.05) is 18.2 Å². The van der Waals surface area contributed by atoms with Crippen molar-refractivity contribution in [2.45, 2.75) is 31.8 Å². The SMILES string of the molecule is CCc1ccc(C2=Nn3c(nnc3-c3cc(OC)cc(OC)c3)SC2)c(N)c1CC. The number of anilines is 1. The first kappa shape index (κ1) is 20.3. The van der Waals surface area contributed by atoms with Crippen LogP contribution in [0.3, 0.4) is 0 Å². The van der Waals surface area contributed by atoms with Gasteiger partial charge in [-0.25, -0.2) is 0 Å². The molecule has 0 unspecified atom stereocenters. The number of fused-ring (bicyclic) bond motifs is 1. The van der Waals surface area contributed by atoms with Gasteiger partial charge in [0, 0.05) is 28.6 Å². The minimum absolute atomic E-state index is 0.631. The van der Waals surface area contributed by atoms with Crippen LogP contribution in [-0.4, -0.2) is 40.6 Å². The summed E-state index contributed by atoms with van der Waals surface area (Å²) in [6, 6.07) is 9.86. The summed E-state index contributed by atoms with van der Waals surface area (Å²) in [7, 11) is 3.25. The van der Waals surface area contributed by atoms with Gasteiger partial charge in [0.1, 0.15) is 11.5 Å². The number of ether oxygens (including phenoxy) is 2. The second-order valence-corrected chi connectivity index (χ2v) is 7.87. The number of aryl methyl sites for hydroxylation is 1. The maximum atomic E-state index is 6.56. The standard InChI is InChI=1S/C22H25N5O2S/c1-5-13-7-8-18(20(23)17(13)6-2)19-12-30-22-25-24-21(27(22)26-19)14-9-15(28-3)11-16(10-14)29-4/h7-11H,5-6,12,23H2,1-4H3. The molecule has 0 spiro atoms. The molecule has 8 heteroatoms. The molecule has 156 valence electrons. The van der Waals surface area contributed by atoms with Crippen molar-refractivity contribution in [1.82, 2.24) is 14.9 Å². The van der Waals surface area contributed by atoms with Gasteiger partial charge in [-0.3, -0.25) is 0 Å². The van der Waals surface area contributed by atoms with Crippen molar-refractivity contribution in [1.29, 1.82) is 0 Å². The zero-order chi connectivity index (χ0) is 21.3. The highest BCUT2D eigenvalue weighted by Gasteiger charge is 2.23. The molecule has 0 saturated carbocycles. The third-order valence-electron chi connectivity index (χ3n) is 5.28. The van der Waals surface area contributed by atoms with Gasteiger partial charge in [-0.05, 0) is 36.1 Å². The summed E-state index contributed by atoms with van der Waals surface area (Å²) in [4.78, 5) is 0. The van der Waals surface area contributed by atoms with Gasteiger partial charge in [-0.1, -0.05) is 37.7 Å². The third kappa shape index (κ3) is 3.52. The molecule has 2 N–H and O–H groups in total. The quantitative estimate of drug-likeness (QED) is 0.603. The Kier molecular flexibility index (Phi) is 5.67. The number of nitrogen functional groups attached to an aromatic ring is 1. The number of hydrogen-bond donors (Lipinski definition) is 1. The van der Waals surface area contributed by atoms with E-state index >= 15 is 0 Å². The zero-order valence-corrected chi connectivity index (χ0v) is 18.4. The molecule has 0 saturated heterocycles. The Morgan fingerprint density at radius 1 is 1.03 bits per heavy atom. The molecular formula is C22H25N5O2S. The van der Waals surface area contributed by atoms with Gasteiger partial charge in [0.25, 0.3) is 0 Å². The maximum Gasteiger partial charge on any atom is 0.212 e. The van der Waals surface area contributed by atoms with Crippen LogP contribution in [-0.2, 0) is 12.8 Å². The fraction of sp³-hybridized carbons (Fsp3) is 0.318. The van der Waals surface area contributed by atoms with Crippen molar-refractivity contribution in [2.75, 3.05) is 25.7 Å². The Bertz CT molecular complexity index is 1100. The van der Waals surface area contributed by atoms with E-state index in [1.165, 1.54) is 11.1 Å². The van der Waals surface area contributed by atoms with Crippen molar-refractivity contribution >= 4 is 23.2 Å². The van der Waals surface area contributed by atoms with Crippen LogP contribution < -0.4 is 15.2 Å². The second-order valence-electron chi connectivity index (χ2n) is 6.93. The largest absolute Gasteiger partial charge is 0.497 e. The molecule has 1 aliphatic rings. The number of rotatable bonds is 6. The van der Waals surface area contributed by atoms with Gasteiger partial charge < -0.3 is 15.2 Å². The van der Waals surface area contributed by atoms with Crippen LogP contribution >= 0.6 is 11.8 Å². The summed E-state index contributed by atoms with van der Waals surface area (Å²) in [6.07, 6.45) is 1.86. The first-order valence-corrected chi connectivity index (χ1v) is 10.9. The molecule has 0 bridgehead atoms. The highest BCUT2D eigenvalue weighted by molar-refractivity contribution is 7.99. The molecule has 7 nitrogen and oxygen atoms in total. The molecule has 0 amide bonds. The number of nitrogens with zero attached hydrogens (tertiary/aromatic N) is 4. The van der Waals surface area contributed by atoms with E-state index in [2.05, 4.69) is 36.2 Å². The molecule has 0 fully saturated rings. The molecular weight excluding hydrogens is 398 g/mol. The van der Waals surface area contributed by atoms with E-state index in [0.717, 1.165) is 40.5 Å². The Morgan fingerprint density at radius 3 is 2.40 bits per heavy atom. The van der Waals surface area contributed by atoms with Gasteiger partial charge >= 0.3 is 0 Å². The van der Waals surface area contributed by atoms with Gasteiger partial charge in [0.15, 0.2) is 5.82 Å². The average Bonchev–Trinajstić information content (AvgIpc) is 3.21. The predicted octanol–water partition coefficient (Wildman–Crippen LogP) is 4.03. The maximum absolute atomic E-state index is 6.56. The Labute approximate surface area is 180 Å². The van der Waals surface area contributed by atoms with Crippen LogP contribution in [0.25, 0.3) is 11.4 Å². The summed E-state index contributed by atoms with van der Waals surface area (Å²) in [5.74, 6) is 2.69. The molecule has 30 heavy (non-hydrogen) atoms. The predicted molar refractivity (Wildman–Crippen MR) is 121 cm³/mol. The van der Waals surface area contributed by atoms with Crippen LogP contribution in [0.2, 0.25) is 0 Å². The van der Waals surface area contributed by atoms with Gasteiger partial charge in [-0.15, -0.1) is 10.2 Å². The van der Waals surface area contributed by atoms with Crippen LogP contribution in [0.5, 0.6) is 11.5 Å². The van der Waals surface area contributed by atoms with Crippen molar-refractivity contribution < 1.29 is 9.47 Å². The topological polar surface area (TPSA) is 87.5 Å². The molecule has 0 aliphatic carbocycles. The Balaban J connectivity index is 1.81. The molecule has 2 aromatic carbocycles. The van der Waals surface area contributed by atoms with Crippen LogP contribution in [0.4, 0.5) is 5.69 Å². The molecule has 1 aliphatic heterocycles. The number of nitrogens with two attached hydrogens (primary N) is 1. The molecule has 3 aromatic rings. The summed E-state index contributed by atoms with van der Waals surface area (Å²) in [5.41, 5.74) is 12.6. The van der Waals surface area contributed by atoms with Crippen LogP contribution in [0.15, 0.2) is 40.6 Å². The molecule has 0 atom stereocenters. The number of benzene rings is 2. The van der Waals surface area contributed by atoms with E-state index in [1.54, 1.807) is 30.7 Å². The fourth-order valence-corrected chi connectivity index (χ4v) is 4.51. The van der Waals surface area contributed by atoms with Crippen molar-refractivity contribution in [3.8, 4) is 22.9 Å². The van der Waals surface area contributed by atoms with Crippen LogP contribution in [0.1, 0.15) is 30.5 Å². The number of hydrogen-bond acceptors (Lipinski definition) is 7. The summed E-state index contributed by atoms with van der Waals surface area (Å²) >= 11 is 1.60. The van der Waals surface area contributed by atoms with Crippen molar-refractivity contribution in [3.05, 3.63) is 47.0 Å². The van der Waals surface area contributed by atoms with E-state index in [4.69, 9.17) is 20.3 Å². The smallest absolute Gasteiger partial charge is 0.212 e. The lowest BCUT2D eigenvalue weighted by Crippen LogP contribution is -2.17. The molecule has 0 radical (unpaired) electrons. The second kappa shape index (κ2) is 8.39. The van der Waals surface area contributed by atoms with Gasteiger partial charge in [0.2, 0.25) is 5.16 Å². The molecule has 4 rings (SSSR count). The normalized spacial score (nSPS) is 13.0. The first-order chi connectivity index (χ1) is 14.6. The van der Waals surface area contributed by atoms with Gasteiger partial charge in [0.05, 0.1) is 19.9 Å². The van der Waals surface area contributed by atoms with Gasteiger partial charge in [-0.2, -0.15) is 9.78 Å². The molecule has 1 aromatic heterocycles. The van der Waals surface area contributed by atoms with Crippen molar-refractivity contribution in [2.24, 2.45) is 5.10 Å². The zero-order valence-electron chi connectivity index (χ0n) is 17.6. The van der Waals surface area contributed by atoms with E-state index in [9.17, 15) is 0 Å². The number of methoxy groups -OCH3 is 2. The van der Waals surface area contributed by atoms with Crippen LogP contribution in [0, 0.1) is 0 Å². The third-order valence-corrected chi connectivity index (χ3v) is 6.21. The van der Waals surface area contributed by atoms with E-state index in [0.29, 0.717) is 23.1 Å². The Morgan fingerprint density at radius 2 is 1.77 bits per heavy atom. The monoisotopic (exact) mass is 423 g/mol. The highest BCUT2D eigenvalue weighted by Crippen LogP contribution is 2.34. The van der Waals surface area contributed by atoms with E-state index < -0.39 is 0 Å². The summed E-state index contributed by atoms with van der Waals surface area (Å²) < 4.78 is 12.6. The number of aromatic nitrogens is 3. The molecule has 2 heterocycles. The lowest BCUT2D eigenvalue weighted by atomic mass is 9.95. The minimum atomic E-state index is 0.631. The Hall–Kier alpha value is -3.00. The minimum Gasteiger partial charge on any atom is -0.497 e. The lowest BCUT2D eigenvalue weighted by Gasteiger charge is -2.18. The fourth-order valence-electron chi connectivity index (χ4n) is 3.69. The van der Waals surface area contributed by atoms with Crippen molar-refractivity contribution in [3.63, 3.8) is 0 Å². The average molecular weight is 424 g/mol. The highest BCUT2D eigenvalue weighted by atomic mass is 32.2. The number of thioether (sulfide) groups is 1. The lowest BCUT2D eigenvalue weighted by molar-refractivity contribution is 0.394. The first-order valence-electron chi connectivity index (χ1n) is 9.89. The summed E-state index contributed by atoms with van der Waals surface area (Å²) in [5, 5.41) is 14.3. The summed E-state index contributed by atoms with van der Waals surface area (Å²) in [6.45, 7) is 4.29. The van der Waals surface area contributed by atoms with E-state index in [-0.39, 0.29) is 0 Å².